The summed E-state index contributed by atoms with van der Waals surface area (Å²) in [5.74, 6) is 0. The van der Waals surface area contributed by atoms with E-state index in [4.69, 9.17) is 0 Å². The van der Waals surface area contributed by atoms with Gasteiger partial charge in [0.25, 0.3) is 0 Å². The molecular weight excluding hydrogens is 368 g/mol. The van der Waals surface area contributed by atoms with E-state index in [0.29, 0.717) is 0 Å². The molecule has 1 atom stereocenters. The van der Waals surface area contributed by atoms with Crippen molar-refractivity contribution in [1.82, 2.24) is 0 Å². The van der Waals surface area contributed by atoms with Crippen LogP contribution in [0.15, 0.2) is 5.57 Å². The molecular formula is C6H11Br2CuMgOS. The van der Waals surface area contributed by atoms with E-state index in [-0.39, 0.29) is 74.1 Å². The molecule has 0 N–H and O–H groups in total. The molecule has 1 unspecified atom stereocenters. The van der Waals surface area contributed by atoms with E-state index >= 15 is 0 Å². The fraction of sp³-hybridized carbons (Fsp3) is 0.667. The number of hydrogen-bond acceptors (Lipinski definition) is 1. The molecule has 0 amide bonds. The minimum Gasteiger partial charge on any atom is -1.00 e. The molecule has 74 valence electrons. The van der Waals surface area contributed by atoms with Crippen LogP contribution in [0.1, 0.15) is 20.3 Å². The Labute approximate surface area is 125 Å². The van der Waals surface area contributed by atoms with Gasteiger partial charge in [-0.15, -0.1) is 10.8 Å². The second kappa shape index (κ2) is 18.8. The van der Waals surface area contributed by atoms with E-state index in [1.165, 1.54) is 0 Å². The summed E-state index contributed by atoms with van der Waals surface area (Å²) >= 11 is 0. The molecule has 0 heterocycles. The molecule has 0 radical (unpaired) electrons. The summed E-state index contributed by atoms with van der Waals surface area (Å²) in [4.78, 5) is 0. The van der Waals surface area contributed by atoms with Gasteiger partial charge in [-0.05, 0) is 6.26 Å². The smallest absolute Gasteiger partial charge is 1.00 e. The van der Waals surface area contributed by atoms with Gasteiger partial charge in [0.15, 0.2) is 0 Å². The Morgan fingerprint density at radius 1 is 1.42 bits per heavy atom. The summed E-state index contributed by atoms with van der Waals surface area (Å²) in [6, 6.07) is 0. The van der Waals surface area contributed by atoms with Crippen LogP contribution in [0.5, 0.6) is 0 Å². The number of rotatable bonds is 2. The number of hydrogen-bond donors (Lipinski definition) is 0. The molecule has 0 bridgehead atoms. The summed E-state index contributed by atoms with van der Waals surface area (Å²) in [5, 5.41) is 2.78. The summed E-state index contributed by atoms with van der Waals surface area (Å²) < 4.78 is 10.4. The van der Waals surface area contributed by atoms with Gasteiger partial charge in [-0.2, -0.15) is 0 Å². The molecule has 12 heavy (non-hydrogen) atoms. The largest absolute Gasteiger partial charge is 2.00 e. The van der Waals surface area contributed by atoms with Crippen LogP contribution >= 0.6 is 0 Å². The monoisotopic (exact) mass is 376 g/mol. The molecule has 0 aromatic rings. The zero-order valence-corrected chi connectivity index (χ0v) is 13.6. The molecule has 6 heteroatoms. The van der Waals surface area contributed by atoms with Crippen molar-refractivity contribution in [1.29, 1.82) is 0 Å². The maximum Gasteiger partial charge on any atom is 2.00 e. The Hall–Kier alpha value is 2.14. The third-order valence-electron chi connectivity index (χ3n) is 0.848. The maximum absolute atomic E-state index is 10.4. The molecule has 0 spiro atoms. The summed E-state index contributed by atoms with van der Waals surface area (Å²) in [5.41, 5.74) is 1.07. The van der Waals surface area contributed by atoms with Gasteiger partial charge < -0.3 is 39.4 Å². The zero-order chi connectivity index (χ0) is 6.57. The molecule has 0 aliphatic rings. The molecule has 0 aromatic heterocycles. The van der Waals surface area contributed by atoms with E-state index in [2.05, 4.69) is 5.41 Å². The van der Waals surface area contributed by atoms with E-state index in [9.17, 15) is 4.21 Å². The Kier molecular flexibility index (Phi) is 45.9. The van der Waals surface area contributed by atoms with Crippen LogP contribution in [0.2, 0.25) is 0 Å². The first-order valence-corrected chi connectivity index (χ1v) is 4.15. The van der Waals surface area contributed by atoms with Gasteiger partial charge in [-0.25, -0.2) is 5.57 Å². The van der Waals surface area contributed by atoms with Crippen molar-refractivity contribution in [3.63, 3.8) is 0 Å². The SMILES string of the molecule is CCC(C)=[C-]S(C)=O.[Br-].[Br-].[Cu+].[Mg+2]. The van der Waals surface area contributed by atoms with Gasteiger partial charge in [0, 0.05) is 0 Å². The minimum absolute atomic E-state index is 0. The first kappa shape index (κ1) is 29.2. The van der Waals surface area contributed by atoms with Crippen LogP contribution < -0.4 is 34.0 Å². The Balaban J connectivity index is -0.0000000408. The van der Waals surface area contributed by atoms with Crippen molar-refractivity contribution in [2.24, 2.45) is 0 Å². The number of halogens is 2. The van der Waals surface area contributed by atoms with E-state index < -0.39 is 10.8 Å². The van der Waals surface area contributed by atoms with Crippen LogP contribution in [0.3, 0.4) is 0 Å². The average Bonchev–Trinajstić information content (AvgIpc) is 1.65. The van der Waals surface area contributed by atoms with E-state index in [1.807, 2.05) is 13.8 Å². The molecule has 0 fully saturated rings. The van der Waals surface area contributed by atoms with Crippen LogP contribution in [0.25, 0.3) is 0 Å². The first-order chi connectivity index (χ1) is 3.66. The predicted molar refractivity (Wildman–Crippen MR) is 42.5 cm³/mol. The fourth-order valence-electron chi connectivity index (χ4n) is 0.318. The van der Waals surface area contributed by atoms with Gasteiger partial charge in [0.2, 0.25) is 0 Å². The third kappa shape index (κ3) is 22.7. The average molecular weight is 379 g/mol. The van der Waals surface area contributed by atoms with Crippen LogP contribution in [0, 0.1) is 5.41 Å². The number of allylic oxidation sites excluding steroid dienone is 1. The normalized spacial score (nSPS) is 10.8. The van der Waals surface area contributed by atoms with Crippen LogP contribution in [-0.4, -0.2) is 33.5 Å². The molecule has 0 rings (SSSR count). The quantitative estimate of drug-likeness (QED) is 0.348. The van der Waals surface area contributed by atoms with Gasteiger partial charge in [0.1, 0.15) is 0 Å². The fourth-order valence-corrected chi connectivity index (χ4v) is 0.953. The van der Waals surface area contributed by atoms with E-state index in [1.54, 1.807) is 6.26 Å². The first-order valence-electron chi connectivity index (χ1n) is 2.59. The van der Waals surface area contributed by atoms with Gasteiger partial charge in [-0.1, -0.05) is 20.3 Å². The van der Waals surface area contributed by atoms with Crippen molar-refractivity contribution in [2.75, 3.05) is 6.26 Å². The Morgan fingerprint density at radius 2 is 1.75 bits per heavy atom. The van der Waals surface area contributed by atoms with Crippen molar-refractivity contribution in [2.45, 2.75) is 20.3 Å². The van der Waals surface area contributed by atoms with Crippen LogP contribution in [0.4, 0.5) is 0 Å². The zero-order valence-electron chi connectivity index (χ0n) is 7.29. The predicted octanol–water partition coefficient (Wildman–Crippen LogP) is -4.89. The Morgan fingerprint density at radius 3 is 1.83 bits per heavy atom. The second-order valence-electron chi connectivity index (χ2n) is 1.69. The third-order valence-corrected chi connectivity index (χ3v) is 1.48. The van der Waals surface area contributed by atoms with Crippen molar-refractivity contribution >= 4 is 33.9 Å². The molecule has 0 saturated heterocycles. The van der Waals surface area contributed by atoms with Crippen LogP contribution in [-0.2, 0) is 27.9 Å². The van der Waals surface area contributed by atoms with Gasteiger partial charge in [-0.3, -0.25) is 4.21 Å². The summed E-state index contributed by atoms with van der Waals surface area (Å²) in [6.45, 7) is 3.95. The maximum atomic E-state index is 10.4. The molecule has 0 aliphatic carbocycles. The summed E-state index contributed by atoms with van der Waals surface area (Å²) in [6.07, 6.45) is 2.57. The van der Waals surface area contributed by atoms with Crippen molar-refractivity contribution in [3.8, 4) is 0 Å². The molecule has 0 aliphatic heterocycles. The minimum atomic E-state index is -0.883. The molecule has 0 aromatic carbocycles. The molecule has 1 nitrogen and oxygen atoms in total. The topological polar surface area (TPSA) is 17.1 Å². The standard InChI is InChI=1S/C6H11OS.2BrH.Cu.Mg/c1-4-6(2)5-8(3)7;;;;/h4H2,1-3H3;2*1H;;/q-1;;;+1;+2/p-2. The van der Waals surface area contributed by atoms with Crippen molar-refractivity contribution in [3.05, 3.63) is 11.0 Å². The molecule has 0 saturated carbocycles. The Bertz CT molecular complexity index is 133. The second-order valence-corrected chi connectivity index (χ2v) is 2.80. The van der Waals surface area contributed by atoms with Crippen molar-refractivity contribution < 1.29 is 55.2 Å². The van der Waals surface area contributed by atoms with Gasteiger partial charge >= 0.3 is 40.1 Å². The summed E-state index contributed by atoms with van der Waals surface area (Å²) in [7, 11) is -0.883. The van der Waals surface area contributed by atoms with Gasteiger partial charge in [0.05, 0.1) is 0 Å². The van der Waals surface area contributed by atoms with E-state index in [0.717, 1.165) is 12.0 Å².